The summed E-state index contributed by atoms with van der Waals surface area (Å²) in [6.07, 6.45) is 5.55. The maximum atomic E-state index is 4.38. The number of benzene rings is 1. The summed E-state index contributed by atoms with van der Waals surface area (Å²) in [6.45, 7) is 6.13. The highest BCUT2D eigenvalue weighted by atomic mass is 14.7. The molecule has 0 saturated carbocycles. The molecule has 2 nitrogen and oxygen atoms in total. The quantitative estimate of drug-likeness (QED) is 0.548. The molecular weight excluding hydrogens is 184 g/mol. The van der Waals surface area contributed by atoms with Gasteiger partial charge < -0.3 is 0 Å². The average molecular weight is 194 g/mol. The molecule has 2 heteroatoms. The fourth-order valence-electron chi connectivity index (χ4n) is 2.08. The Labute approximate surface area is 87.3 Å². The van der Waals surface area contributed by atoms with Gasteiger partial charge in [0.05, 0.1) is 11.7 Å². The minimum absolute atomic E-state index is 0.943. The lowest BCUT2D eigenvalue weighted by molar-refractivity contribution is 1.30. The number of aryl methyl sites for hydroxylation is 1. The van der Waals surface area contributed by atoms with Gasteiger partial charge in [0.2, 0.25) is 0 Å². The summed E-state index contributed by atoms with van der Waals surface area (Å²) < 4.78 is 0. The van der Waals surface area contributed by atoms with E-state index >= 15 is 0 Å². The van der Waals surface area contributed by atoms with E-state index in [0.29, 0.717) is 0 Å². The highest BCUT2D eigenvalue weighted by Crippen LogP contribution is 2.23. The SMILES string of the molecule is C=c1ccc2cncc3ncc(C)c1c23. The second-order valence-electron chi connectivity index (χ2n) is 3.80. The Bertz CT molecular complexity index is 685. The van der Waals surface area contributed by atoms with Gasteiger partial charge in [-0.2, -0.15) is 0 Å². The summed E-state index contributed by atoms with van der Waals surface area (Å²) in [5, 5.41) is 4.57. The van der Waals surface area contributed by atoms with Crippen molar-refractivity contribution in [3.63, 3.8) is 0 Å². The highest BCUT2D eigenvalue weighted by molar-refractivity contribution is 6.08. The van der Waals surface area contributed by atoms with E-state index in [2.05, 4.69) is 23.5 Å². The Morgan fingerprint density at radius 2 is 1.93 bits per heavy atom. The second-order valence-corrected chi connectivity index (χ2v) is 3.80. The Morgan fingerprint density at radius 1 is 1.07 bits per heavy atom. The largest absolute Gasteiger partial charge is 0.262 e. The Balaban J connectivity index is 2.79. The molecule has 15 heavy (non-hydrogen) atoms. The molecule has 1 aromatic carbocycles. The van der Waals surface area contributed by atoms with Gasteiger partial charge in [0.25, 0.3) is 0 Å². The van der Waals surface area contributed by atoms with Gasteiger partial charge in [-0.15, -0.1) is 0 Å². The molecule has 0 bridgehead atoms. The zero-order chi connectivity index (χ0) is 10.4. The molecular formula is C13H10N2. The molecule has 3 rings (SSSR count). The minimum Gasteiger partial charge on any atom is -0.262 e. The van der Waals surface area contributed by atoms with Crippen LogP contribution in [0.2, 0.25) is 0 Å². The van der Waals surface area contributed by atoms with Crippen molar-refractivity contribution in [2.24, 2.45) is 0 Å². The van der Waals surface area contributed by atoms with Crippen LogP contribution in [0, 0.1) is 6.92 Å². The Morgan fingerprint density at radius 3 is 2.80 bits per heavy atom. The van der Waals surface area contributed by atoms with Gasteiger partial charge in [0.1, 0.15) is 0 Å². The summed E-state index contributed by atoms with van der Waals surface area (Å²) >= 11 is 0. The third-order valence-corrected chi connectivity index (χ3v) is 2.78. The monoisotopic (exact) mass is 194 g/mol. The molecule has 0 amide bonds. The third-order valence-electron chi connectivity index (χ3n) is 2.78. The van der Waals surface area contributed by atoms with Crippen LogP contribution >= 0.6 is 0 Å². The van der Waals surface area contributed by atoms with E-state index in [-0.39, 0.29) is 0 Å². The van der Waals surface area contributed by atoms with Gasteiger partial charge in [-0.05, 0) is 23.1 Å². The van der Waals surface area contributed by atoms with Crippen LogP contribution in [0.4, 0.5) is 0 Å². The molecule has 0 spiro atoms. The van der Waals surface area contributed by atoms with Crippen LogP contribution in [-0.4, -0.2) is 9.97 Å². The fraction of sp³-hybridized carbons (Fsp3) is 0.0769. The minimum atomic E-state index is 0.943. The summed E-state index contributed by atoms with van der Waals surface area (Å²) in [4.78, 5) is 8.55. The van der Waals surface area contributed by atoms with Gasteiger partial charge >= 0.3 is 0 Å². The predicted octanol–water partition coefficient (Wildman–Crippen LogP) is 2.22. The van der Waals surface area contributed by atoms with E-state index in [4.69, 9.17) is 0 Å². The highest BCUT2D eigenvalue weighted by Gasteiger charge is 2.05. The average Bonchev–Trinajstić information content (AvgIpc) is 2.25. The molecule has 0 unspecified atom stereocenters. The van der Waals surface area contributed by atoms with Crippen molar-refractivity contribution in [3.05, 3.63) is 41.5 Å². The van der Waals surface area contributed by atoms with Crippen LogP contribution < -0.4 is 5.22 Å². The molecule has 0 saturated heterocycles. The molecule has 0 aliphatic heterocycles. The van der Waals surface area contributed by atoms with Crippen molar-refractivity contribution in [2.75, 3.05) is 0 Å². The standard InChI is InChI=1S/C13H10N2/c1-8-3-4-10-6-14-7-11-13(10)12(8)9(2)5-15-11/h3-7H,1H2,2H3. The molecule has 0 aliphatic carbocycles. The zero-order valence-electron chi connectivity index (χ0n) is 8.49. The van der Waals surface area contributed by atoms with Crippen LogP contribution in [0.15, 0.2) is 30.7 Å². The number of nitrogens with zero attached hydrogens (tertiary/aromatic N) is 2. The van der Waals surface area contributed by atoms with Crippen molar-refractivity contribution in [2.45, 2.75) is 6.92 Å². The van der Waals surface area contributed by atoms with E-state index in [1.807, 2.05) is 24.5 Å². The maximum absolute atomic E-state index is 4.38. The van der Waals surface area contributed by atoms with E-state index in [1.165, 1.54) is 16.3 Å². The smallest absolute Gasteiger partial charge is 0.0897 e. The number of hydrogen-bond donors (Lipinski definition) is 0. The van der Waals surface area contributed by atoms with E-state index in [1.54, 1.807) is 6.20 Å². The first-order valence-corrected chi connectivity index (χ1v) is 4.88. The number of aromatic nitrogens is 2. The molecule has 72 valence electrons. The predicted molar refractivity (Wildman–Crippen MR) is 62.5 cm³/mol. The molecule has 2 aromatic heterocycles. The first-order valence-electron chi connectivity index (χ1n) is 4.88. The Hall–Kier alpha value is -1.96. The Kier molecular flexibility index (Phi) is 1.54. The summed E-state index contributed by atoms with van der Waals surface area (Å²) in [6, 6.07) is 4.08. The van der Waals surface area contributed by atoms with Crippen molar-refractivity contribution in [1.29, 1.82) is 0 Å². The van der Waals surface area contributed by atoms with Crippen LogP contribution in [0.5, 0.6) is 0 Å². The molecule has 3 aromatic rings. The topological polar surface area (TPSA) is 25.8 Å². The van der Waals surface area contributed by atoms with E-state index < -0.39 is 0 Å². The van der Waals surface area contributed by atoms with Gasteiger partial charge in [0.15, 0.2) is 0 Å². The first-order chi connectivity index (χ1) is 7.27. The van der Waals surface area contributed by atoms with Crippen LogP contribution in [0.3, 0.4) is 0 Å². The van der Waals surface area contributed by atoms with Crippen molar-refractivity contribution < 1.29 is 0 Å². The summed E-state index contributed by atoms with van der Waals surface area (Å²) in [5.74, 6) is 0. The molecule has 2 heterocycles. The van der Waals surface area contributed by atoms with Crippen LogP contribution in [-0.2, 0) is 0 Å². The number of pyridine rings is 2. The number of hydrogen-bond acceptors (Lipinski definition) is 2. The van der Waals surface area contributed by atoms with Crippen molar-refractivity contribution >= 4 is 28.3 Å². The second kappa shape index (κ2) is 2.76. The normalized spacial score (nSPS) is 11.3. The molecule has 0 N–H and O–H groups in total. The first kappa shape index (κ1) is 8.36. The molecule has 0 atom stereocenters. The summed E-state index contributed by atoms with van der Waals surface area (Å²) in [5.41, 5.74) is 2.11. The van der Waals surface area contributed by atoms with E-state index in [0.717, 1.165) is 16.1 Å². The number of rotatable bonds is 0. The fourth-order valence-corrected chi connectivity index (χ4v) is 2.08. The summed E-state index contributed by atoms with van der Waals surface area (Å²) in [7, 11) is 0. The molecule has 0 aliphatic rings. The van der Waals surface area contributed by atoms with Crippen molar-refractivity contribution in [1.82, 2.24) is 9.97 Å². The zero-order valence-corrected chi connectivity index (χ0v) is 8.49. The van der Waals surface area contributed by atoms with Gasteiger partial charge in [0, 0.05) is 23.2 Å². The van der Waals surface area contributed by atoms with Gasteiger partial charge in [-0.25, -0.2) is 0 Å². The lowest BCUT2D eigenvalue weighted by Gasteiger charge is -2.06. The van der Waals surface area contributed by atoms with E-state index in [9.17, 15) is 0 Å². The van der Waals surface area contributed by atoms with Gasteiger partial charge in [-0.3, -0.25) is 9.97 Å². The van der Waals surface area contributed by atoms with Gasteiger partial charge in [-0.1, -0.05) is 18.7 Å². The van der Waals surface area contributed by atoms with Crippen LogP contribution in [0.1, 0.15) is 5.56 Å². The third kappa shape index (κ3) is 1.05. The lowest BCUT2D eigenvalue weighted by Crippen LogP contribution is -2.02. The van der Waals surface area contributed by atoms with Crippen molar-refractivity contribution in [3.8, 4) is 0 Å². The maximum Gasteiger partial charge on any atom is 0.0897 e. The molecule has 0 radical (unpaired) electrons. The molecule has 0 fully saturated rings. The van der Waals surface area contributed by atoms with Crippen LogP contribution in [0.25, 0.3) is 28.3 Å². The lowest BCUT2D eigenvalue weighted by atomic mass is 10.0.